The minimum absolute atomic E-state index is 0. The van der Waals surface area contributed by atoms with Crippen molar-refractivity contribution in [3.8, 4) is 0 Å². The van der Waals surface area contributed by atoms with Crippen molar-refractivity contribution in [1.82, 2.24) is 10.3 Å². The summed E-state index contributed by atoms with van der Waals surface area (Å²) in [6.45, 7) is 6.19. The number of carbonyl (C=O) groups excluding carboxylic acids is 2. The van der Waals surface area contributed by atoms with Crippen LogP contribution in [0.15, 0.2) is 48.8 Å². The molecule has 0 saturated carbocycles. The molecule has 0 radical (unpaired) electrons. The predicted octanol–water partition coefficient (Wildman–Crippen LogP) is 3.19. The van der Waals surface area contributed by atoms with Crippen LogP contribution in [-0.2, 0) is 11.3 Å². The van der Waals surface area contributed by atoms with E-state index in [1.54, 1.807) is 36.5 Å². The van der Waals surface area contributed by atoms with Crippen LogP contribution < -0.4 is 16.0 Å². The highest BCUT2D eigenvalue weighted by atomic mass is 35.5. The fourth-order valence-electron chi connectivity index (χ4n) is 2.34. The molecule has 2 aromatic rings. The summed E-state index contributed by atoms with van der Waals surface area (Å²) in [4.78, 5) is 30.0. The summed E-state index contributed by atoms with van der Waals surface area (Å²) < 4.78 is 0. The van der Waals surface area contributed by atoms with E-state index in [0.717, 1.165) is 11.3 Å². The molecule has 6 nitrogen and oxygen atoms in total. The Morgan fingerprint density at radius 1 is 1.07 bits per heavy atom. The summed E-state index contributed by atoms with van der Waals surface area (Å²) in [6.07, 6.45) is 3.18. The zero-order chi connectivity index (χ0) is 19.3. The number of pyridine rings is 1. The topological polar surface area (TPSA) is 88.3 Å². The van der Waals surface area contributed by atoms with Crippen LogP contribution in [0.3, 0.4) is 0 Å². The first-order valence-electron chi connectivity index (χ1n) is 8.50. The molecule has 0 aliphatic carbocycles. The van der Waals surface area contributed by atoms with E-state index in [0.29, 0.717) is 12.1 Å². The third-order valence-electron chi connectivity index (χ3n) is 4.24. The minimum atomic E-state index is -0.564. The zero-order valence-electron chi connectivity index (χ0n) is 16.5. The van der Waals surface area contributed by atoms with E-state index < -0.39 is 6.04 Å². The van der Waals surface area contributed by atoms with E-state index in [1.807, 2.05) is 45.0 Å². The summed E-state index contributed by atoms with van der Waals surface area (Å²) in [6, 6.07) is 10.3. The van der Waals surface area contributed by atoms with E-state index in [1.165, 1.54) is 0 Å². The van der Waals surface area contributed by atoms with Gasteiger partial charge in [0.1, 0.15) is 0 Å². The lowest BCUT2D eigenvalue weighted by molar-refractivity contribution is -0.124. The molecule has 1 heterocycles. The van der Waals surface area contributed by atoms with Crippen LogP contribution >= 0.6 is 24.8 Å². The number of hydrogen-bond donors (Lipinski definition) is 2. The number of benzene rings is 1. The molecule has 154 valence electrons. The number of amides is 2. The Balaban J connectivity index is 0.00000364. The summed E-state index contributed by atoms with van der Waals surface area (Å²) >= 11 is 0. The van der Waals surface area contributed by atoms with Crippen LogP contribution in [-0.4, -0.2) is 29.9 Å². The van der Waals surface area contributed by atoms with Crippen molar-refractivity contribution in [2.45, 2.75) is 33.4 Å². The van der Waals surface area contributed by atoms with Gasteiger partial charge < -0.3 is 16.0 Å². The number of carbonyl (C=O) groups is 2. The van der Waals surface area contributed by atoms with E-state index in [-0.39, 0.29) is 42.0 Å². The van der Waals surface area contributed by atoms with Crippen molar-refractivity contribution in [3.05, 3.63) is 59.9 Å². The number of nitrogens with one attached hydrogen (secondary N) is 1. The lowest BCUT2D eigenvalue weighted by Gasteiger charge is -2.25. The number of hydrogen-bond acceptors (Lipinski definition) is 4. The van der Waals surface area contributed by atoms with Gasteiger partial charge in [0.05, 0.1) is 6.04 Å². The Labute approximate surface area is 178 Å². The maximum Gasteiger partial charge on any atom is 0.258 e. The monoisotopic (exact) mass is 426 g/mol. The first kappa shape index (κ1) is 25.9. The molecule has 1 atom stereocenters. The maximum absolute atomic E-state index is 12.4. The van der Waals surface area contributed by atoms with Gasteiger partial charge in [-0.1, -0.05) is 32.9 Å². The summed E-state index contributed by atoms with van der Waals surface area (Å²) in [7, 11) is 1.72. The SMILES string of the molecule is CN(C(=O)c1ccncc1)c1ccc(CNC(=O)[C@@H](N)C(C)(C)C)cc1.Cl.Cl. The van der Waals surface area contributed by atoms with Gasteiger partial charge in [0.2, 0.25) is 5.91 Å². The van der Waals surface area contributed by atoms with E-state index in [4.69, 9.17) is 5.73 Å². The fraction of sp³-hybridized carbons (Fsp3) is 0.350. The largest absolute Gasteiger partial charge is 0.351 e. The van der Waals surface area contributed by atoms with Crippen LogP contribution in [0.1, 0.15) is 36.7 Å². The second kappa shape index (κ2) is 11.0. The van der Waals surface area contributed by atoms with Crippen molar-refractivity contribution in [3.63, 3.8) is 0 Å². The van der Waals surface area contributed by atoms with Crippen molar-refractivity contribution < 1.29 is 9.59 Å². The quantitative estimate of drug-likeness (QED) is 0.767. The number of halogens is 2. The Morgan fingerprint density at radius 3 is 2.11 bits per heavy atom. The highest BCUT2D eigenvalue weighted by Crippen LogP contribution is 2.18. The average molecular weight is 427 g/mol. The van der Waals surface area contributed by atoms with Gasteiger partial charge >= 0.3 is 0 Å². The standard InChI is InChI=1S/C20H26N4O2.2ClH/c1-20(2,3)17(21)18(25)23-13-14-5-7-16(8-6-14)24(4)19(26)15-9-11-22-12-10-15;;/h5-12,17H,13,21H2,1-4H3,(H,23,25);2*1H/t17-;;/m1../s1. The second-order valence-electron chi connectivity index (χ2n) is 7.33. The second-order valence-corrected chi connectivity index (χ2v) is 7.33. The molecule has 0 saturated heterocycles. The Kier molecular flexibility index (Phi) is 10.2. The highest BCUT2D eigenvalue weighted by molar-refractivity contribution is 6.05. The first-order valence-corrected chi connectivity index (χ1v) is 8.50. The van der Waals surface area contributed by atoms with Crippen LogP contribution in [0.25, 0.3) is 0 Å². The summed E-state index contributed by atoms with van der Waals surface area (Å²) in [5, 5.41) is 2.85. The fourth-order valence-corrected chi connectivity index (χ4v) is 2.34. The number of anilines is 1. The van der Waals surface area contributed by atoms with Crippen LogP contribution in [0.5, 0.6) is 0 Å². The van der Waals surface area contributed by atoms with E-state index >= 15 is 0 Å². The third kappa shape index (κ3) is 6.78. The number of nitrogens with two attached hydrogens (primary N) is 1. The normalized spacial score (nSPS) is 11.5. The van der Waals surface area contributed by atoms with Gasteiger partial charge in [0, 0.05) is 37.2 Å². The molecular formula is C20H28Cl2N4O2. The van der Waals surface area contributed by atoms with Crippen LogP contribution in [0.2, 0.25) is 0 Å². The highest BCUT2D eigenvalue weighted by Gasteiger charge is 2.27. The van der Waals surface area contributed by atoms with Gasteiger partial charge in [-0.25, -0.2) is 0 Å². The third-order valence-corrected chi connectivity index (χ3v) is 4.24. The molecule has 2 amide bonds. The molecule has 0 aliphatic heterocycles. The molecule has 3 N–H and O–H groups in total. The molecule has 0 spiro atoms. The average Bonchev–Trinajstić information content (AvgIpc) is 2.64. The van der Waals surface area contributed by atoms with E-state index in [2.05, 4.69) is 10.3 Å². The van der Waals surface area contributed by atoms with Crippen molar-refractivity contribution >= 4 is 42.3 Å². The van der Waals surface area contributed by atoms with Crippen molar-refractivity contribution in [1.29, 1.82) is 0 Å². The van der Waals surface area contributed by atoms with Gasteiger partial charge in [-0.05, 0) is 35.2 Å². The van der Waals surface area contributed by atoms with Gasteiger partial charge in [-0.15, -0.1) is 24.8 Å². The van der Waals surface area contributed by atoms with Gasteiger partial charge in [0.25, 0.3) is 5.91 Å². The molecule has 0 aliphatic rings. The van der Waals surface area contributed by atoms with E-state index in [9.17, 15) is 9.59 Å². The smallest absolute Gasteiger partial charge is 0.258 e. The first-order chi connectivity index (χ1) is 12.2. The summed E-state index contributed by atoms with van der Waals surface area (Å²) in [5.74, 6) is -0.281. The Hall–Kier alpha value is -2.15. The Morgan fingerprint density at radius 2 is 1.61 bits per heavy atom. The molecule has 8 heteroatoms. The number of nitrogens with zero attached hydrogens (tertiary/aromatic N) is 2. The van der Waals surface area contributed by atoms with Crippen LogP contribution in [0, 0.1) is 5.41 Å². The molecule has 28 heavy (non-hydrogen) atoms. The molecule has 1 aromatic carbocycles. The van der Waals surface area contributed by atoms with Crippen molar-refractivity contribution in [2.24, 2.45) is 11.1 Å². The molecule has 0 bridgehead atoms. The van der Waals surface area contributed by atoms with Gasteiger partial charge in [-0.2, -0.15) is 0 Å². The summed E-state index contributed by atoms with van der Waals surface area (Å²) in [5.41, 5.74) is 7.95. The van der Waals surface area contributed by atoms with Crippen LogP contribution in [0.4, 0.5) is 5.69 Å². The lowest BCUT2D eigenvalue weighted by Crippen LogP contribution is -2.48. The van der Waals surface area contributed by atoms with Crippen molar-refractivity contribution in [2.75, 3.05) is 11.9 Å². The lowest BCUT2D eigenvalue weighted by atomic mass is 9.87. The molecule has 1 aromatic heterocycles. The molecule has 0 unspecified atom stereocenters. The number of rotatable bonds is 5. The molecular weight excluding hydrogens is 399 g/mol. The predicted molar refractivity (Wildman–Crippen MR) is 117 cm³/mol. The van der Waals surface area contributed by atoms with Gasteiger partial charge in [0.15, 0.2) is 0 Å². The molecule has 2 rings (SSSR count). The maximum atomic E-state index is 12.4. The molecule has 0 fully saturated rings. The minimum Gasteiger partial charge on any atom is -0.351 e. The zero-order valence-corrected chi connectivity index (χ0v) is 18.1. The Bertz CT molecular complexity index is 762. The van der Waals surface area contributed by atoms with Gasteiger partial charge in [-0.3, -0.25) is 14.6 Å². The number of aromatic nitrogens is 1.